The van der Waals surface area contributed by atoms with Gasteiger partial charge in [0.15, 0.2) is 0 Å². The van der Waals surface area contributed by atoms with Gasteiger partial charge in [0.05, 0.1) is 6.54 Å². The normalized spacial score (nSPS) is 11.4. The molecule has 156 valence electrons. The molecule has 0 bridgehead atoms. The zero-order chi connectivity index (χ0) is 20.0. The van der Waals surface area contributed by atoms with Crippen molar-refractivity contribution in [3.05, 3.63) is 36.0 Å². The monoisotopic (exact) mass is 385 g/mol. The molecule has 2 aromatic rings. The quantitative estimate of drug-likeness (QED) is 0.450. The Labute approximate surface area is 171 Å². The van der Waals surface area contributed by atoms with E-state index in [1.807, 2.05) is 10.9 Å². The van der Waals surface area contributed by atoms with E-state index in [-0.39, 0.29) is 0 Å². The maximum Gasteiger partial charge on any atom is 0.117 e. The third-order valence-electron chi connectivity index (χ3n) is 4.97. The fourth-order valence-corrected chi connectivity index (χ4v) is 3.35. The Hall–Kier alpha value is -1.72. The SMILES string of the molecule is CCCCN(CCCC)CCCNCc1nn(CCC)nc1-c1ccccc1. The third-order valence-corrected chi connectivity index (χ3v) is 4.97. The van der Waals surface area contributed by atoms with Crippen molar-refractivity contribution in [1.82, 2.24) is 25.2 Å². The number of aromatic nitrogens is 3. The van der Waals surface area contributed by atoms with E-state index >= 15 is 0 Å². The standard InChI is InChI=1S/C23H39N5/c1-4-7-17-27(18-8-5-2)19-12-15-24-20-22-23(21-13-10-9-11-14-21)26-28(25-22)16-6-3/h9-11,13-14,24H,4-8,12,15-20H2,1-3H3. The summed E-state index contributed by atoms with van der Waals surface area (Å²) in [7, 11) is 0. The van der Waals surface area contributed by atoms with E-state index in [9.17, 15) is 0 Å². The molecule has 1 N–H and O–H groups in total. The molecule has 28 heavy (non-hydrogen) atoms. The van der Waals surface area contributed by atoms with Crippen molar-refractivity contribution in [3.63, 3.8) is 0 Å². The minimum atomic E-state index is 0.776. The van der Waals surface area contributed by atoms with Crippen LogP contribution >= 0.6 is 0 Å². The lowest BCUT2D eigenvalue weighted by atomic mass is 10.1. The predicted molar refractivity (Wildman–Crippen MR) is 118 cm³/mol. The highest BCUT2D eigenvalue weighted by atomic mass is 15.5. The predicted octanol–water partition coefficient (Wildman–Crippen LogP) is 4.74. The van der Waals surface area contributed by atoms with E-state index in [0.29, 0.717) is 0 Å². The zero-order valence-corrected chi connectivity index (χ0v) is 18.2. The number of nitrogens with one attached hydrogen (secondary N) is 1. The zero-order valence-electron chi connectivity index (χ0n) is 18.2. The minimum Gasteiger partial charge on any atom is -0.311 e. The summed E-state index contributed by atoms with van der Waals surface area (Å²) in [6.07, 6.45) is 7.38. The van der Waals surface area contributed by atoms with Crippen LogP contribution in [0.2, 0.25) is 0 Å². The number of nitrogens with zero attached hydrogens (tertiary/aromatic N) is 4. The van der Waals surface area contributed by atoms with E-state index in [1.54, 1.807) is 0 Å². The Morgan fingerprint density at radius 2 is 1.54 bits per heavy atom. The van der Waals surface area contributed by atoms with Gasteiger partial charge in [-0.2, -0.15) is 15.0 Å². The summed E-state index contributed by atoms with van der Waals surface area (Å²) >= 11 is 0. The smallest absolute Gasteiger partial charge is 0.117 e. The van der Waals surface area contributed by atoms with Gasteiger partial charge in [-0.1, -0.05) is 63.9 Å². The first-order chi connectivity index (χ1) is 13.8. The van der Waals surface area contributed by atoms with Crippen LogP contribution in [0.4, 0.5) is 0 Å². The second-order valence-corrected chi connectivity index (χ2v) is 7.54. The average Bonchev–Trinajstić information content (AvgIpc) is 3.13. The first-order valence-electron chi connectivity index (χ1n) is 11.2. The summed E-state index contributed by atoms with van der Waals surface area (Å²) in [6.45, 7) is 13.0. The number of unbranched alkanes of at least 4 members (excludes halogenated alkanes) is 2. The summed E-state index contributed by atoms with van der Waals surface area (Å²) in [5, 5.41) is 13.0. The third kappa shape index (κ3) is 7.72. The highest BCUT2D eigenvalue weighted by molar-refractivity contribution is 5.60. The lowest BCUT2D eigenvalue weighted by Crippen LogP contribution is -2.29. The number of aryl methyl sites for hydroxylation is 1. The highest BCUT2D eigenvalue weighted by Gasteiger charge is 2.12. The van der Waals surface area contributed by atoms with Crippen molar-refractivity contribution in [1.29, 1.82) is 0 Å². The lowest BCUT2D eigenvalue weighted by Gasteiger charge is -2.21. The molecule has 0 atom stereocenters. The van der Waals surface area contributed by atoms with Crippen LogP contribution in [0.15, 0.2) is 30.3 Å². The van der Waals surface area contributed by atoms with Crippen LogP contribution in [0.25, 0.3) is 11.3 Å². The molecule has 0 aliphatic heterocycles. The summed E-state index contributed by atoms with van der Waals surface area (Å²) in [5.74, 6) is 0. The largest absolute Gasteiger partial charge is 0.311 e. The van der Waals surface area contributed by atoms with E-state index in [0.717, 1.165) is 43.0 Å². The van der Waals surface area contributed by atoms with E-state index < -0.39 is 0 Å². The molecular formula is C23H39N5. The summed E-state index contributed by atoms with van der Waals surface area (Å²) in [4.78, 5) is 4.47. The first-order valence-corrected chi connectivity index (χ1v) is 11.2. The molecule has 0 radical (unpaired) electrons. The van der Waals surface area contributed by atoms with Gasteiger partial charge in [0.2, 0.25) is 0 Å². The van der Waals surface area contributed by atoms with Crippen molar-refractivity contribution in [3.8, 4) is 11.3 Å². The molecule has 0 unspecified atom stereocenters. The topological polar surface area (TPSA) is 46.0 Å². The van der Waals surface area contributed by atoms with Gasteiger partial charge in [-0.3, -0.25) is 0 Å². The first kappa shape index (κ1) is 22.6. The van der Waals surface area contributed by atoms with Crippen LogP contribution in [-0.4, -0.2) is 46.1 Å². The highest BCUT2D eigenvalue weighted by Crippen LogP contribution is 2.20. The number of benzene rings is 1. The van der Waals surface area contributed by atoms with Crippen molar-refractivity contribution in [2.45, 2.75) is 72.4 Å². The van der Waals surface area contributed by atoms with Crippen molar-refractivity contribution in [2.75, 3.05) is 26.2 Å². The van der Waals surface area contributed by atoms with Crippen molar-refractivity contribution < 1.29 is 0 Å². The molecule has 2 rings (SSSR count). The minimum absolute atomic E-state index is 0.776. The lowest BCUT2D eigenvalue weighted by molar-refractivity contribution is 0.261. The fourth-order valence-electron chi connectivity index (χ4n) is 3.35. The van der Waals surface area contributed by atoms with Gasteiger partial charge >= 0.3 is 0 Å². The maximum absolute atomic E-state index is 4.72. The molecule has 0 aliphatic rings. The van der Waals surface area contributed by atoms with Crippen LogP contribution in [-0.2, 0) is 13.1 Å². The van der Waals surface area contributed by atoms with Crippen LogP contribution in [0.1, 0.15) is 65.0 Å². The Bertz CT molecular complexity index is 630. The molecule has 1 aromatic carbocycles. The summed E-state index contributed by atoms with van der Waals surface area (Å²) in [5.41, 5.74) is 3.20. The second kappa shape index (κ2) is 13.5. The van der Waals surface area contributed by atoms with Crippen molar-refractivity contribution >= 4 is 0 Å². The number of hydrogen-bond acceptors (Lipinski definition) is 4. The molecule has 0 saturated heterocycles. The Kier molecular flexibility index (Phi) is 10.8. The van der Waals surface area contributed by atoms with Crippen LogP contribution in [0.5, 0.6) is 0 Å². The van der Waals surface area contributed by atoms with Crippen LogP contribution in [0.3, 0.4) is 0 Å². The van der Waals surface area contributed by atoms with Gasteiger partial charge < -0.3 is 10.2 Å². The van der Waals surface area contributed by atoms with E-state index in [4.69, 9.17) is 10.2 Å². The van der Waals surface area contributed by atoms with Gasteiger partial charge in [0, 0.05) is 12.1 Å². The molecule has 0 aliphatic carbocycles. The maximum atomic E-state index is 4.72. The van der Waals surface area contributed by atoms with Crippen LogP contribution in [0, 0.1) is 0 Å². The fraction of sp³-hybridized carbons (Fsp3) is 0.652. The molecule has 0 fully saturated rings. The Morgan fingerprint density at radius 1 is 0.857 bits per heavy atom. The van der Waals surface area contributed by atoms with Gasteiger partial charge in [0.25, 0.3) is 0 Å². The molecule has 5 nitrogen and oxygen atoms in total. The second-order valence-electron chi connectivity index (χ2n) is 7.54. The Morgan fingerprint density at radius 3 is 2.18 bits per heavy atom. The number of hydrogen-bond donors (Lipinski definition) is 1. The molecule has 5 heteroatoms. The molecule has 0 spiro atoms. The van der Waals surface area contributed by atoms with Crippen LogP contribution < -0.4 is 5.32 Å². The van der Waals surface area contributed by atoms with E-state index in [1.165, 1.54) is 51.7 Å². The molecule has 1 aromatic heterocycles. The summed E-state index contributed by atoms with van der Waals surface area (Å²) in [6, 6.07) is 10.4. The van der Waals surface area contributed by atoms with Gasteiger partial charge in [-0.15, -0.1) is 0 Å². The number of rotatable bonds is 15. The van der Waals surface area contributed by atoms with Crippen molar-refractivity contribution in [2.24, 2.45) is 0 Å². The van der Waals surface area contributed by atoms with Gasteiger partial charge in [0.1, 0.15) is 11.4 Å². The Balaban J connectivity index is 1.84. The van der Waals surface area contributed by atoms with Gasteiger partial charge in [-0.05, 0) is 51.9 Å². The molecule has 0 amide bonds. The molecule has 1 heterocycles. The molecule has 0 saturated carbocycles. The van der Waals surface area contributed by atoms with Gasteiger partial charge in [-0.25, -0.2) is 0 Å². The summed E-state index contributed by atoms with van der Waals surface area (Å²) < 4.78 is 0. The molecular weight excluding hydrogens is 346 g/mol. The average molecular weight is 386 g/mol. The van der Waals surface area contributed by atoms with E-state index in [2.05, 4.69) is 55.3 Å².